The van der Waals surface area contributed by atoms with Crippen LogP contribution in [0.1, 0.15) is 35.1 Å². The minimum absolute atomic E-state index is 0.139. The number of rotatable bonds is 5. The van der Waals surface area contributed by atoms with Crippen molar-refractivity contribution >= 4 is 11.1 Å². The molecule has 0 fully saturated rings. The highest BCUT2D eigenvalue weighted by atomic mass is 19.3. The van der Waals surface area contributed by atoms with E-state index in [0.717, 1.165) is 46.2 Å². The third-order valence-corrected chi connectivity index (χ3v) is 4.42. The van der Waals surface area contributed by atoms with Crippen LogP contribution in [0.5, 0.6) is 0 Å². The van der Waals surface area contributed by atoms with Crippen molar-refractivity contribution in [1.82, 2.24) is 0 Å². The van der Waals surface area contributed by atoms with E-state index in [1.807, 2.05) is 48.5 Å². The molecule has 0 aromatic heterocycles. The average molecular weight is 310 g/mol. The van der Waals surface area contributed by atoms with E-state index in [9.17, 15) is 8.78 Å². The molecule has 23 heavy (non-hydrogen) atoms. The van der Waals surface area contributed by atoms with E-state index in [0.29, 0.717) is 0 Å². The Morgan fingerprint density at radius 3 is 2.13 bits per heavy atom. The molecule has 2 aromatic carbocycles. The van der Waals surface area contributed by atoms with E-state index in [4.69, 9.17) is 0 Å². The number of allylic oxidation sites excluding steroid dienone is 2. The smallest absolute Gasteiger partial charge is 0.206 e. The topological polar surface area (TPSA) is 0 Å². The fourth-order valence-corrected chi connectivity index (χ4v) is 3.07. The number of halogens is 2. The lowest BCUT2D eigenvalue weighted by molar-refractivity contribution is 0.0130. The first-order chi connectivity index (χ1) is 10.9. The largest absolute Gasteiger partial charge is 0.256 e. The predicted octanol–water partition coefficient (Wildman–Crippen LogP) is 5.93. The molecule has 0 N–H and O–H groups in total. The van der Waals surface area contributed by atoms with Crippen LogP contribution >= 0.6 is 0 Å². The number of hydrogen-bond donors (Lipinski definition) is 0. The van der Waals surface area contributed by atoms with Crippen molar-refractivity contribution in [1.29, 1.82) is 0 Å². The second kappa shape index (κ2) is 6.11. The van der Waals surface area contributed by atoms with Gasteiger partial charge in [0.15, 0.2) is 0 Å². The van der Waals surface area contributed by atoms with Gasteiger partial charge in [0.2, 0.25) is 0 Å². The van der Waals surface area contributed by atoms with Gasteiger partial charge in [-0.15, -0.1) is 0 Å². The molecule has 2 aromatic rings. The molecule has 0 nitrogen and oxygen atoms in total. The van der Waals surface area contributed by atoms with Crippen molar-refractivity contribution in [2.75, 3.05) is 0 Å². The fraction of sp³-hybridized carbons (Fsp3) is 0.238. The summed E-state index contributed by atoms with van der Waals surface area (Å²) in [6, 6.07) is 15.7. The van der Waals surface area contributed by atoms with Gasteiger partial charge in [0.05, 0.1) is 0 Å². The molecule has 0 heterocycles. The Kier molecular flexibility index (Phi) is 4.16. The normalized spacial score (nSPS) is 15.2. The maximum atomic E-state index is 13.5. The molecule has 1 aliphatic carbocycles. The van der Waals surface area contributed by atoms with Crippen molar-refractivity contribution < 1.29 is 8.78 Å². The number of benzene rings is 2. The summed E-state index contributed by atoms with van der Waals surface area (Å²) in [5, 5.41) is 0. The molecule has 0 saturated heterocycles. The lowest BCUT2D eigenvalue weighted by Crippen LogP contribution is -2.14. The van der Waals surface area contributed by atoms with Crippen molar-refractivity contribution in [3.63, 3.8) is 0 Å². The Hall–Kier alpha value is -2.22. The van der Waals surface area contributed by atoms with Crippen LogP contribution in [-0.4, -0.2) is 5.92 Å². The first-order valence-electron chi connectivity index (χ1n) is 7.86. The highest BCUT2D eigenvalue weighted by Crippen LogP contribution is 2.36. The van der Waals surface area contributed by atoms with E-state index >= 15 is 0 Å². The van der Waals surface area contributed by atoms with Crippen molar-refractivity contribution in [2.45, 2.75) is 31.6 Å². The number of hydrogen-bond acceptors (Lipinski definition) is 0. The Bertz CT molecular complexity index is 742. The van der Waals surface area contributed by atoms with E-state index in [1.165, 1.54) is 0 Å². The van der Waals surface area contributed by atoms with Crippen LogP contribution in [0.2, 0.25) is 0 Å². The molecule has 0 spiro atoms. The zero-order valence-electron chi connectivity index (χ0n) is 13.1. The van der Waals surface area contributed by atoms with E-state index in [-0.39, 0.29) is 12.8 Å². The first kappa shape index (κ1) is 15.7. The predicted molar refractivity (Wildman–Crippen MR) is 92.5 cm³/mol. The van der Waals surface area contributed by atoms with Crippen LogP contribution in [0.3, 0.4) is 0 Å². The molecule has 2 heteroatoms. The van der Waals surface area contributed by atoms with Gasteiger partial charge in [-0.1, -0.05) is 61.7 Å². The Labute approximate surface area is 136 Å². The summed E-state index contributed by atoms with van der Waals surface area (Å²) in [5.41, 5.74) is 5.66. The maximum Gasteiger partial charge on any atom is 0.256 e. The van der Waals surface area contributed by atoms with Crippen LogP contribution < -0.4 is 0 Å². The Balaban J connectivity index is 1.65. The van der Waals surface area contributed by atoms with Gasteiger partial charge in [0.1, 0.15) is 0 Å². The summed E-state index contributed by atoms with van der Waals surface area (Å²) in [6.45, 7) is 8.25. The van der Waals surface area contributed by atoms with Crippen LogP contribution in [0.15, 0.2) is 61.7 Å². The third kappa shape index (κ3) is 3.58. The third-order valence-electron chi connectivity index (χ3n) is 4.42. The van der Waals surface area contributed by atoms with Gasteiger partial charge < -0.3 is 0 Å². The molecule has 0 unspecified atom stereocenters. The molecular formula is C21H20F2. The summed E-state index contributed by atoms with van der Waals surface area (Å²) in [6.07, 6.45) is 1.30. The maximum absolute atomic E-state index is 13.5. The number of alkyl halides is 2. The molecule has 0 amide bonds. The quantitative estimate of drug-likeness (QED) is 0.642. The molecular weight excluding hydrogens is 290 g/mol. The zero-order valence-corrected chi connectivity index (χ0v) is 13.1. The van der Waals surface area contributed by atoms with Gasteiger partial charge in [-0.3, -0.25) is 0 Å². The molecule has 0 saturated carbocycles. The van der Waals surface area contributed by atoms with E-state index in [1.54, 1.807) is 0 Å². The molecule has 118 valence electrons. The summed E-state index contributed by atoms with van der Waals surface area (Å²) in [4.78, 5) is 0. The van der Waals surface area contributed by atoms with Crippen molar-refractivity contribution in [3.8, 4) is 0 Å². The highest BCUT2D eigenvalue weighted by molar-refractivity contribution is 5.69. The van der Waals surface area contributed by atoms with Gasteiger partial charge in [-0.05, 0) is 46.2 Å². The fourth-order valence-electron chi connectivity index (χ4n) is 3.07. The Morgan fingerprint density at radius 2 is 1.43 bits per heavy atom. The SMILES string of the molecule is C=C(CCC(=C)c1ccc2c(c1)CC(F)(F)C2)c1ccccc1. The van der Waals surface area contributed by atoms with Crippen LogP contribution in [0.25, 0.3) is 11.1 Å². The van der Waals surface area contributed by atoms with Gasteiger partial charge in [0, 0.05) is 12.8 Å². The van der Waals surface area contributed by atoms with Crippen LogP contribution in [0, 0.1) is 0 Å². The average Bonchev–Trinajstić information content (AvgIpc) is 2.85. The first-order valence-corrected chi connectivity index (χ1v) is 7.86. The molecule has 0 aliphatic heterocycles. The van der Waals surface area contributed by atoms with Gasteiger partial charge in [0.25, 0.3) is 5.92 Å². The van der Waals surface area contributed by atoms with E-state index < -0.39 is 5.92 Å². The highest BCUT2D eigenvalue weighted by Gasteiger charge is 2.37. The van der Waals surface area contributed by atoms with Crippen LogP contribution in [-0.2, 0) is 12.8 Å². The lowest BCUT2D eigenvalue weighted by Gasteiger charge is -2.10. The Morgan fingerprint density at radius 1 is 0.826 bits per heavy atom. The number of fused-ring (bicyclic) bond motifs is 1. The summed E-state index contributed by atoms with van der Waals surface area (Å²) in [7, 11) is 0. The van der Waals surface area contributed by atoms with E-state index in [2.05, 4.69) is 13.2 Å². The second-order valence-electron chi connectivity index (χ2n) is 6.27. The van der Waals surface area contributed by atoms with Crippen molar-refractivity contribution in [2.24, 2.45) is 0 Å². The van der Waals surface area contributed by atoms with Crippen molar-refractivity contribution in [3.05, 3.63) is 83.9 Å². The molecule has 3 rings (SSSR count). The monoisotopic (exact) mass is 310 g/mol. The van der Waals surface area contributed by atoms with Gasteiger partial charge in [-0.25, -0.2) is 8.78 Å². The zero-order chi connectivity index (χ0) is 16.4. The van der Waals surface area contributed by atoms with Crippen LogP contribution in [0.4, 0.5) is 8.78 Å². The summed E-state index contributed by atoms with van der Waals surface area (Å²) < 4.78 is 27.0. The minimum atomic E-state index is -2.59. The minimum Gasteiger partial charge on any atom is -0.206 e. The second-order valence-corrected chi connectivity index (χ2v) is 6.27. The molecule has 0 bridgehead atoms. The van der Waals surface area contributed by atoms with Gasteiger partial charge in [-0.2, -0.15) is 0 Å². The standard InChI is InChI=1S/C21H20F2/c1-15(17-6-4-3-5-7-17)8-9-16(2)18-10-11-19-13-21(22,23)14-20(19)12-18/h3-7,10-12H,1-2,8-9,13-14H2. The molecule has 1 aliphatic rings. The molecule has 0 radical (unpaired) electrons. The lowest BCUT2D eigenvalue weighted by atomic mass is 9.95. The summed E-state index contributed by atoms with van der Waals surface area (Å²) in [5.74, 6) is -2.59. The molecule has 0 atom stereocenters. The summed E-state index contributed by atoms with van der Waals surface area (Å²) >= 11 is 0. The van der Waals surface area contributed by atoms with Gasteiger partial charge >= 0.3 is 0 Å².